The Balaban J connectivity index is 1.95. The van der Waals surface area contributed by atoms with Gasteiger partial charge in [0.1, 0.15) is 11.4 Å². The van der Waals surface area contributed by atoms with Gasteiger partial charge in [-0.2, -0.15) is 0 Å². The second-order valence-electron chi connectivity index (χ2n) is 4.97. The molecule has 1 N–H and O–H groups in total. The number of benzene rings is 2. The fourth-order valence-electron chi connectivity index (χ4n) is 2.54. The van der Waals surface area contributed by atoms with Gasteiger partial charge in [0.25, 0.3) is 0 Å². The fourth-order valence-corrected chi connectivity index (χ4v) is 2.70. The molecule has 3 rings (SSSR count). The number of nitrogens with one attached hydrogen (secondary N) is 1. The van der Waals surface area contributed by atoms with Crippen LogP contribution in [-0.4, -0.2) is 7.05 Å². The average Bonchev–Trinajstić information content (AvgIpc) is 2.91. The van der Waals surface area contributed by atoms with Gasteiger partial charge in [0, 0.05) is 22.0 Å². The van der Waals surface area contributed by atoms with Crippen LogP contribution in [-0.2, 0) is 6.42 Å². The number of rotatable bonds is 4. The lowest BCUT2D eigenvalue weighted by Gasteiger charge is -2.16. The first-order valence-electron chi connectivity index (χ1n) is 6.76. The number of hydrogen-bond acceptors (Lipinski definition) is 2. The number of hydrogen-bond donors (Lipinski definition) is 1. The third kappa shape index (κ3) is 2.80. The molecule has 108 valence electrons. The molecule has 0 radical (unpaired) electrons. The van der Waals surface area contributed by atoms with Gasteiger partial charge in [-0.25, -0.2) is 4.39 Å². The molecule has 1 unspecified atom stereocenters. The van der Waals surface area contributed by atoms with E-state index in [4.69, 9.17) is 16.0 Å². The number of furan rings is 1. The highest BCUT2D eigenvalue weighted by atomic mass is 35.5. The highest BCUT2D eigenvalue weighted by molar-refractivity contribution is 6.30. The van der Waals surface area contributed by atoms with E-state index < -0.39 is 0 Å². The number of likely N-dealkylation sites (N-methyl/N-ethyl adjacent to an activating group) is 1. The largest absolute Gasteiger partial charge is 0.464 e. The Morgan fingerprint density at radius 3 is 2.81 bits per heavy atom. The predicted octanol–water partition coefficient (Wildman–Crippen LogP) is 4.73. The molecule has 1 aromatic heterocycles. The number of halogens is 2. The molecule has 0 bridgehead atoms. The van der Waals surface area contributed by atoms with Gasteiger partial charge in [0.05, 0.1) is 6.26 Å². The van der Waals surface area contributed by atoms with E-state index in [2.05, 4.69) is 5.32 Å². The molecule has 2 nitrogen and oxygen atoms in total. The standard InChI is InChI=1S/C17H15ClFNO/c1-20-16(8-11-6-7-12(18)9-15(11)19)14-10-21-17-5-3-2-4-13(14)17/h2-7,9-10,16,20H,8H2,1H3. The fraction of sp³-hybridized carbons (Fsp3) is 0.176. The minimum atomic E-state index is -0.282. The molecule has 0 amide bonds. The molecule has 0 fully saturated rings. The molecule has 0 aliphatic rings. The molecule has 1 atom stereocenters. The lowest BCUT2D eigenvalue weighted by atomic mass is 9.98. The highest BCUT2D eigenvalue weighted by Gasteiger charge is 2.17. The van der Waals surface area contributed by atoms with Gasteiger partial charge in [0.15, 0.2) is 0 Å². The van der Waals surface area contributed by atoms with Crippen molar-refractivity contribution in [2.24, 2.45) is 0 Å². The van der Waals surface area contributed by atoms with E-state index in [9.17, 15) is 4.39 Å². The maximum atomic E-state index is 14.0. The van der Waals surface area contributed by atoms with Crippen molar-refractivity contribution in [3.8, 4) is 0 Å². The van der Waals surface area contributed by atoms with Crippen LogP contribution in [0.25, 0.3) is 11.0 Å². The van der Waals surface area contributed by atoms with E-state index in [1.54, 1.807) is 18.4 Å². The third-order valence-corrected chi connectivity index (χ3v) is 3.91. The zero-order chi connectivity index (χ0) is 14.8. The van der Waals surface area contributed by atoms with Crippen LogP contribution in [0, 0.1) is 5.82 Å². The van der Waals surface area contributed by atoms with E-state index in [1.165, 1.54) is 6.07 Å². The van der Waals surface area contributed by atoms with Crippen LogP contribution in [0.4, 0.5) is 4.39 Å². The molecule has 0 saturated heterocycles. The van der Waals surface area contributed by atoms with Gasteiger partial charge in [-0.1, -0.05) is 35.9 Å². The molecule has 0 aliphatic carbocycles. The first-order chi connectivity index (χ1) is 10.2. The Hall–Kier alpha value is -1.84. The summed E-state index contributed by atoms with van der Waals surface area (Å²) in [7, 11) is 1.86. The second kappa shape index (κ2) is 5.88. The lowest BCUT2D eigenvalue weighted by molar-refractivity contribution is 0.542. The van der Waals surface area contributed by atoms with E-state index in [0.717, 1.165) is 16.5 Å². The summed E-state index contributed by atoms with van der Waals surface area (Å²) in [4.78, 5) is 0. The molecule has 0 aliphatic heterocycles. The minimum absolute atomic E-state index is 0.0238. The van der Waals surface area contributed by atoms with Gasteiger partial charge >= 0.3 is 0 Å². The first-order valence-corrected chi connectivity index (χ1v) is 7.14. The maximum absolute atomic E-state index is 14.0. The van der Waals surface area contributed by atoms with Gasteiger partial charge in [0.2, 0.25) is 0 Å². The summed E-state index contributed by atoms with van der Waals surface area (Å²) < 4.78 is 19.5. The Labute approximate surface area is 127 Å². The Morgan fingerprint density at radius 2 is 2.05 bits per heavy atom. The summed E-state index contributed by atoms with van der Waals surface area (Å²) in [5.74, 6) is -0.282. The minimum Gasteiger partial charge on any atom is -0.464 e. The maximum Gasteiger partial charge on any atom is 0.134 e. The number of fused-ring (bicyclic) bond motifs is 1. The SMILES string of the molecule is CNC(Cc1ccc(Cl)cc1F)c1coc2ccccc12. The van der Waals surface area contributed by atoms with Gasteiger partial charge < -0.3 is 9.73 Å². The summed E-state index contributed by atoms with van der Waals surface area (Å²) in [5, 5.41) is 4.68. The Bertz CT molecular complexity index is 768. The Morgan fingerprint density at radius 1 is 1.24 bits per heavy atom. The molecule has 0 saturated carbocycles. The average molecular weight is 304 g/mol. The molecule has 1 heterocycles. The van der Waals surface area contributed by atoms with E-state index in [1.807, 2.05) is 31.3 Å². The molecule has 3 aromatic rings. The molecule has 21 heavy (non-hydrogen) atoms. The summed E-state index contributed by atoms with van der Waals surface area (Å²) in [6, 6.07) is 12.6. The van der Waals surface area contributed by atoms with Gasteiger partial charge in [-0.3, -0.25) is 0 Å². The van der Waals surface area contributed by atoms with Crippen molar-refractivity contribution in [1.29, 1.82) is 0 Å². The van der Waals surface area contributed by atoms with E-state index >= 15 is 0 Å². The second-order valence-corrected chi connectivity index (χ2v) is 5.40. The van der Waals surface area contributed by atoms with Crippen LogP contribution in [0.15, 0.2) is 53.1 Å². The van der Waals surface area contributed by atoms with Crippen LogP contribution in [0.5, 0.6) is 0 Å². The monoisotopic (exact) mass is 303 g/mol. The van der Waals surface area contributed by atoms with E-state index in [-0.39, 0.29) is 11.9 Å². The third-order valence-electron chi connectivity index (χ3n) is 3.67. The van der Waals surface area contributed by atoms with E-state index in [0.29, 0.717) is 17.0 Å². The van der Waals surface area contributed by atoms with Gasteiger partial charge in [-0.15, -0.1) is 0 Å². The lowest BCUT2D eigenvalue weighted by Crippen LogP contribution is -2.19. The molecule has 2 aromatic carbocycles. The molecule has 4 heteroatoms. The summed E-state index contributed by atoms with van der Waals surface area (Å²) in [5.41, 5.74) is 2.50. The van der Waals surface area contributed by atoms with Crippen LogP contribution in [0.2, 0.25) is 5.02 Å². The Kier molecular flexibility index (Phi) is 3.95. The van der Waals surface area contributed by atoms with Crippen molar-refractivity contribution < 1.29 is 8.81 Å². The summed E-state index contributed by atoms with van der Waals surface area (Å²) in [6.07, 6.45) is 2.27. The van der Waals surface area contributed by atoms with Crippen molar-refractivity contribution in [3.05, 3.63) is 70.7 Å². The van der Waals surface area contributed by atoms with Crippen molar-refractivity contribution in [2.75, 3.05) is 7.05 Å². The van der Waals surface area contributed by atoms with Crippen molar-refractivity contribution in [1.82, 2.24) is 5.32 Å². The topological polar surface area (TPSA) is 25.2 Å². The molecular weight excluding hydrogens is 289 g/mol. The van der Waals surface area contributed by atoms with Crippen molar-refractivity contribution in [3.63, 3.8) is 0 Å². The van der Waals surface area contributed by atoms with Crippen LogP contribution in [0.1, 0.15) is 17.2 Å². The van der Waals surface area contributed by atoms with Crippen LogP contribution >= 0.6 is 11.6 Å². The number of para-hydroxylation sites is 1. The summed E-state index contributed by atoms with van der Waals surface area (Å²) in [6.45, 7) is 0. The smallest absolute Gasteiger partial charge is 0.134 e. The normalized spacial score (nSPS) is 12.7. The zero-order valence-electron chi connectivity index (χ0n) is 11.6. The van der Waals surface area contributed by atoms with Gasteiger partial charge in [-0.05, 0) is 37.2 Å². The van der Waals surface area contributed by atoms with Crippen LogP contribution < -0.4 is 5.32 Å². The van der Waals surface area contributed by atoms with Crippen LogP contribution in [0.3, 0.4) is 0 Å². The van der Waals surface area contributed by atoms with Crippen molar-refractivity contribution in [2.45, 2.75) is 12.5 Å². The van der Waals surface area contributed by atoms with Crippen molar-refractivity contribution >= 4 is 22.6 Å². The predicted molar refractivity (Wildman–Crippen MR) is 83.1 cm³/mol. The quantitative estimate of drug-likeness (QED) is 0.754. The summed E-state index contributed by atoms with van der Waals surface area (Å²) >= 11 is 5.79. The zero-order valence-corrected chi connectivity index (χ0v) is 12.3. The molecule has 0 spiro atoms. The molecular formula is C17H15ClFNO. The highest BCUT2D eigenvalue weighted by Crippen LogP contribution is 2.29. The first kappa shape index (κ1) is 14.1.